The lowest BCUT2D eigenvalue weighted by molar-refractivity contribution is 0.0509. The number of Topliss-reactive ketones (excluding diaryl/α,β-unsaturated/α-hetero) is 1. The molecule has 0 aliphatic heterocycles. The lowest BCUT2D eigenvalue weighted by atomic mass is 10.1. The normalized spacial score (nSPS) is 13.1. The van der Waals surface area contributed by atoms with Crippen molar-refractivity contribution >= 4 is 115 Å². The number of carboxylic acids is 1. The largest absolute Gasteiger partial charge is 0.476 e. The van der Waals surface area contributed by atoms with E-state index >= 15 is 0 Å². The second-order valence-electron chi connectivity index (χ2n) is 31.2. The number of carboxylic acid groups (broad SMARTS) is 1. The highest BCUT2D eigenvalue weighted by molar-refractivity contribution is 6.31. The molecule has 668 valence electrons. The average molecular weight is 1860 g/mol. The zero-order chi connectivity index (χ0) is 90.8. The molecule has 3 aliphatic carbocycles. The first kappa shape index (κ1) is 86.9. The van der Waals surface area contributed by atoms with Crippen LogP contribution in [-0.2, 0) is 67.6 Å². The van der Waals surface area contributed by atoms with Crippen molar-refractivity contribution in [2.24, 2.45) is 0 Å². The van der Waals surface area contributed by atoms with Gasteiger partial charge in [-0.25, -0.2) is 71.5 Å². The van der Waals surface area contributed by atoms with Crippen molar-refractivity contribution in [1.82, 2.24) is 142 Å². The molecule has 4 N–H and O–H groups in total. The van der Waals surface area contributed by atoms with Gasteiger partial charge in [0.25, 0.3) is 11.8 Å². The number of nitrogens with one attached hydrogen (secondary N) is 3. The molecular formula is C86H76Cl4F3N29O9. The number of esters is 2. The number of ketones is 1. The molecule has 0 unspecified atom stereocenters. The summed E-state index contributed by atoms with van der Waals surface area (Å²) in [5, 5.41) is 53.5. The molecule has 3 fully saturated rings. The summed E-state index contributed by atoms with van der Waals surface area (Å²) in [6, 6.07) is 15.4. The Morgan fingerprint density at radius 2 is 0.870 bits per heavy atom. The fourth-order valence-corrected chi connectivity index (χ4v) is 15.6. The molecule has 3 saturated carbocycles. The van der Waals surface area contributed by atoms with Crippen LogP contribution in [0.5, 0.6) is 0 Å². The molecule has 0 saturated heterocycles. The van der Waals surface area contributed by atoms with E-state index in [9.17, 15) is 47.0 Å². The number of carbonyl (C=O) groups is 6. The van der Waals surface area contributed by atoms with Crippen molar-refractivity contribution in [2.75, 3.05) is 13.2 Å². The van der Waals surface area contributed by atoms with Gasteiger partial charge in [-0.05, 0) is 148 Å². The Morgan fingerprint density at radius 3 is 1.29 bits per heavy atom. The van der Waals surface area contributed by atoms with Crippen molar-refractivity contribution in [3.63, 3.8) is 0 Å². The number of amides is 2. The summed E-state index contributed by atoms with van der Waals surface area (Å²) < 4.78 is 71.6. The summed E-state index contributed by atoms with van der Waals surface area (Å²) in [6.07, 6.45) is 38.2. The van der Waals surface area contributed by atoms with Crippen molar-refractivity contribution < 1.29 is 56.5 Å². The predicted octanol–water partition coefficient (Wildman–Crippen LogP) is 12.2. The predicted molar refractivity (Wildman–Crippen MR) is 464 cm³/mol. The van der Waals surface area contributed by atoms with E-state index in [0.29, 0.717) is 78.3 Å². The fourth-order valence-electron chi connectivity index (χ4n) is 15.0. The molecule has 0 radical (unpaired) electrons. The van der Waals surface area contributed by atoms with Crippen molar-refractivity contribution in [1.29, 1.82) is 0 Å². The average Bonchev–Trinajstić information content (AvgIpc) is 1.62. The van der Waals surface area contributed by atoms with Crippen LogP contribution in [0.15, 0.2) is 167 Å². The molecule has 21 rings (SSSR count). The maximum atomic E-state index is 14.5. The van der Waals surface area contributed by atoms with Crippen LogP contribution in [0, 0.1) is 17.5 Å². The molecule has 0 aromatic carbocycles. The van der Waals surface area contributed by atoms with Gasteiger partial charge in [0.05, 0.1) is 152 Å². The van der Waals surface area contributed by atoms with E-state index in [2.05, 4.69) is 118 Å². The number of pyridine rings is 6. The zero-order valence-electron chi connectivity index (χ0n) is 69.5. The number of aryl methyl sites for hydroxylation is 1. The van der Waals surface area contributed by atoms with Gasteiger partial charge in [0.15, 0.2) is 46.0 Å². The molecule has 0 spiro atoms. The summed E-state index contributed by atoms with van der Waals surface area (Å²) in [6.45, 7) is 5.85. The molecule has 38 nitrogen and oxygen atoms in total. The molecule has 18 aromatic heterocycles. The van der Waals surface area contributed by atoms with Crippen LogP contribution < -0.4 is 10.6 Å². The Bertz CT molecular complexity index is 7390. The second-order valence-corrected chi connectivity index (χ2v) is 32.7. The number of hydrogen-bond donors (Lipinski definition) is 4. The SMILES string of the molecule is CCOC(=O)c1ccn(Cc2cc(C3CC3)cn3cc(Cn4cc(C(=O)NCc5ncn6ccc(Cl)c(F)c56)nn4)nc23)n1.CCOC(=O)c1ccn[nH]1.O=C(CCc1ncn2ccc(Cl)c(F)c12)c1cn(Cc2cn3cc(C4CC4)cc(CCl)c3n2)nn1.O=C(O)c1ccn(Cc2cc(C3CC3)cn3cc(Cn4cc(C(=O)NCc5ncn6ccc(Cl)c(F)c56)nn4)nc23)n1. The van der Waals surface area contributed by atoms with Crippen molar-refractivity contribution in [3.05, 3.63) is 301 Å². The van der Waals surface area contributed by atoms with E-state index in [1.165, 1.54) is 110 Å². The van der Waals surface area contributed by atoms with Gasteiger partial charge in [-0.3, -0.25) is 28.8 Å². The van der Waals surface area contributed by atoms with Gasteiger partial charge >= 0.3 is 17.9 Å². The van der Waals surface area contributed by atoms with Crippen molar-refractivity contribution in [2.45, 2.75) is 135 Å². The van der Waals surface area contributed by atoms with Gasteiger partial charge in [0.1, 0.15) is 44.9 Å². The first-order valence-corrected chi connectivity index (χ1v) is 43.1. The second kappa shape index (κ2) is 37.5. The summed E-state index contributed by atoms with van der Waals surface area (Å²) in [4.78, 5) is 99.4. The third-order valence-corrected chi connectivity index (χ3v) is 23.0. The fraction of sp³-hybridized carbons (Fsp3) is 0.267. The van der Waals surface area contributed by atoms with Gasteiger partial charge in [0.2, 0.25) is 0 Å². The number of nitrogens with zero attached hydrogens (tertiary/aromatic N) is 26. The quantitative estimate of drug-likeness (QED) is 0.0192. The maximum Gasteiger partial charge on any atom is 0.358 e. The number of carbonyl (C=O) groups excluding carboxylic acids is 5. The van der Waals surface area contributed by atoms with Crippen LogP contribution in [0.2, 0.25) is 15.1 Å². The number of alkyl halides is 1. The molecule has 18 aromatic rings. The number of fused-ring (bicyclic) bond motifs is 6. The highest BCUT2D eigenvalue weighted by atomic mass is 35.5. The molecule has 2 amide bonds. The Balaban J connectivity index is 0.000000126. The number of hydrogen-bond acceptors (Lipinski definition) is 23. The standard InChI is InChI=1S/C29H26ClFN10O3.C27H22ClFN10O3.C24H20Cl2FN7O.C6H8N2O2/c1-2-44-29(43)22-6-8-40(36-22)12-19-9-18(17-3-4-17)11-39-13-20(34-27(19)39)14-41-15-24(35-37-41)28(42)32-10-23-26-25(31)21(30)5-7-38(26)16-33-23;28-19-3-5-36-14-31-21(24(36)23(19)29)8-30-26(40)22-13-39(35-33-22)12-18-11-37-9-16(15-1-2-15)7-17(25(37)32-18)10-38-6-4-20(34-38)27(41)42;25-8-15-7-16(14-1-2-14)9-33-10-17(29-24(15)33)11-34-12-20(30-31-34)21(35)4-3-19-23-22(27)18(26)5-6-32(23)13-28-19;1-2-10-6(9)5-3-4-7-8-5/h5-9,11,13,15-17H,2-4,10,12,14H2,1H3,(H,32,42);3-7,9,11,13-15H,1-2,8,10,12H2,(H,30,40)(H,41,42);5-7,9-10,12-14H,1-4,8,11H2;3-4H,2H2,1H3,(H,7,8). The van der Waals surface area contributed by atoms with E-state index in [4.69, 9.17) is 66.1 Å². The Kier molecular flexibility index (Phi) is 24.8. The molecule has 3 aliphatic rings. The summed E-state index contributed by atoms with van der Waals surface area (Å²) >= 11 is 23.9. The number of ether oxygens (including phenoxy) is 2. The van der Waals surface area contributed by atoms with E-state index in [1.807, 2.05) is 31.8 Å². The summed E-state index contributed by atoms with van der Waals surface area (Å²) in [7, 11) is 0. The zero-order valence-corrected chi connectivity index (χ0v) is 72.6. The Labute approximate surface area is 757 Å². The summed E-state index contributed by atoms with van der Waals surface area (Å²) in [5.74, 6) is -2.81. The van der Waals surface area contributed by atoms with Crippen LogP contribution in [-0.4, -0.2) is 185 Å². The smallest absolute Gasteiger partial charge is 0.358 e. The third kappa shape index (κ3) is 19.5. The third-order valence-electron chi connectivity index (χ3n) is 21.8. The first-order chi connectivity index (χ1) is 63.5. The molecular weight excluding hydrogens is 1780 g/mol. The lowest BCUT2D eigenvalue weighted by Gasteiger charge is -2.08. The van der Waals surface area contributed by atoms with Gasteiger partial charge in [-0.2, -0.15) is 15.3 Å². The molecule has 0 bridgehead atoms. The number of H-pyrrole nitrogens is 1. The van der Waals surface area contributed by atoms with Crippen LogP contribution in [0.1, 0.15) is 207 Å². The number of imidazole rings is 6. The van der Waals surface area contributed by atoms with E-state index in [-0.39, 0.29) is 117 Å². The number of aromatic carboxylic acids is 1. The number of rotatable bonds is 29. The van der Waals surface area contributed by atoms with Gasteiger partial charge < -0.3 is 51.6 Å². The van der Waals surface area contributed by atoms with Crippen LogP contribution in [0.3, 0.4) is 0 Å². The minimum Gasteiger partial charge on any atom is -0.476 e. The van der Waals surface area contributed by atoms with E-state index in [1.54, 1.807) is 81.6 Å². The minimum absolute atomic E-state index is 0.0161. The molecule has 45 heteroatoms. The lowest BCUT2D eigenvalue weighted by Crippen LogP contribution is -2.23. The molecule has 0 atom stereocenters. The molecule has 131 heavy (non-hydrogen) atoms. The Morgan fingerprint density at radius 1 is 0.466 bits per heavy atom. The van der Waals surface area contributed by atoms with Crippen LogP contribution in [0.25, 0.3) is 33.5 Å². The number of aromatic nitrogens is 27. The van der Waals surface area contributed by atoms with Gasteiger partial charge in [-0.15, -0.1) is 26.9 Å². The monoisotopic (exact) mass is 1860 g/mol. The van der Waals surface area contributed by atoms with Crippen molar-refractivity contribution in [3.8, 4) is 0 Å². The first-order valence-electron chi connectivity index (χ1n) is 41.4. The van der Waals surface area contributed by atoms with E-state index in [0.717, 1.165) is 70.7 Å². The summed E-state index contributed by atoms with van der Waals surface area (Å²) in [5.41, 5.74) is 14.0. The number of aromatic amines is 1. The minimum atomic E-state index is -1.08. The highest BCUT2D eigenvalue weighted by Crippen LogP contribution is 2.43. The number of halogens is 7. The van der Waals surface area contributed by atoms with Crippen LogP contribution >= 0.6 is 46.4 Å². The highest BCUT2D eigenvalue weighted by Gasteiger charge is 2.30. The van der Waals surface area contributed by atoms with Gasteiger partial charge in [-0.1, -0.05) is 50.4 Å². The molecule has 18 heterocycles. The van der Waals surface area contributed by atoms with E-state index < -0.39 is 41.2 Å². The topological polar surface area (TPSA) is 425 Å². The van der Waals surface area contributed by atoms with Crippen LogP contribution in [0.4, 0.5) is 13.2 Å². The maximum absolute atomic E-state index is 14.5. The Hall–Kier alpha value is -14.8. The van der Waals surface area contributed by atoms with Gasteiger partial charge in [0, 0.05) is 97.5 Å².